The van der Waals surface area contributed by atoms with Gasteiger partial charge in [-0.3, -0.25) is 9.59 Å². The van der Waals surface area contributed by atoms with E-state index in [1.165, 1.54) is 12.5 Å². The molecule has 1 aromatic carbocycles. The fourth-order valence-electron chi connectivity index (χ4n) is 4.22. The van der Waals surface area contributed by atoms with Crippen LogP contribution in [0.25, 0.3) is 11.0 Å². The molecule has 2 saturated heterocycles. The average Bonchev–Trinajstić information content (AvgIpc) is 3.22. The van der Waals surface area contributed by atoms with Crippen molar-refractivity contribution in [1.29, 1.82) is 0 Å². The van der Waals surface area contributed by atoms with Gasteiger partial charge in [0.2, 0.25) is 0 Å². The number of hydrogen-bond acceptors (Lipinski definition) is 4. The molecular formula is C19H22N2O3. The Balaban J connectivity index is 1.66. The van der Waals surface area contributed by atoms with Gasteiger partial charge in [0, 0.05) is 24.7 Å². The molecule has 5 nitrogen and oxygen atoms in total. The van der Waals surface area contributed by atoms with Crippen LogP contribution < -0.4 is 5.43 Å². The summed E-state index contributed by atoms with van der Waals surface area (Å²) in [7, 11) is 2.13. The molecule has 24 heavy (non-hydrogen) atoms. The second-order valence-corrected chi connectivity index (χ2v) is 6.87. The van der Waals surface area contributed by atoms with Crippen LogP contribution in [0.2, 0.25) is 0 Å². The minimum absolute atomic E-state index is 0.152. The van der Waals surface area contributed by atoms with Crippen LogP contribution in [0.1, 0.15) is 36.2 Å². The first kappa shape index (κ1) is 15.4. The van der Waals surface area contributed by atoms with E-state index in [4.69, 9.17) is 4.42 Å². The van der Waals surface area contributed by atoms with Gasteiger partial charge in [-0.15, -0.1) is 0 Å². The summed E-state index contributed by atoms with van der Waals surface area (Å²) in [6, 6.07) is 9.06. The van der Waals surface area contributed by atoms with Crippen molar-refractivity contribution in [1.82, 2.24) is 9.80 Å². The van der Waals surface area contributed by atoms with Crippen molar-refractivity contribution >= 4 is 16.9 Å². The van der Waals surface area contributed by atoms with Crippen LogP contribution in [0.4, 0.5) is 0 Å². The average molecular weight is 326 g/mol. The molecule has 2 atom stereocenters. The third-order valence-corrected chi connectivity index (χ3v) is 5.43. The van der Waals surface area contributed by atoms with Gasteiger partial charge in [0.15, 0.2) is 11.2 Å². The summed E-state index contributed by atoms with van der Waals surface area (Å²) in [5.74, 6) is 0.00639. The molecule has 0 unspecified atom stereocenters. The standard InChI is InChI=1S/C19H22N2O3/c1-20-10-4-7-14(20)15-8-5-11-21(15)19(23)18-12-16(22)13-6-2-3-9-17(13)24-18/h2-3,6,9,12,14-15H,4-5,7-8,10-11H2,1H3/t14-,15-/m1/s1. The summed E-state index contributed by atoms with van der Waals surface area (Å²) in [6.45, 7) is 1.83. The molecule has 5 heteroatoms. The number of likely N-dealkylation sites (N-methyl/N-ethyl adjacent to an activating group) is 1. The highest BCUT2D eigenvalue weighted by molar-refractivity contribution is 5.93. The minimum Gasteiger partial charge on any atom is -0.451 e. The summed E-state index contributed by atoms with van der Waals surface area (Å²) < 4.78 is 5.75. The van der Waals surface area contributed by atoms with Gasteiger partial charge in [-0.2, -0.15) is 0 Å². The monoisotopic (exact) mass is 326 g/mol. The Kier molecular flexibility index (Phi) is 3.88. The number of carbonyl (C=O) groups excluding carboxylic acids is 1. The largest absolute Gasteiger partial charge is 0.451 e. The Hall–Kier alpha value is -2.14. The van der Waals surface area contributed by atoms with E-state index >= 15 is 0 Å². The number of para-hydroxylation sites is 1. The van der Waals surface area contributed by atoms with Crippen LogP contribution in [0.3, 0.4) is 0 Å². The number of hydrogen-bond donors (Lipinski definition) is 0. The minimum atomic E-state index is -0.158. The van der Waals surface area contributed by atoms with Crippen molar-refractivity contribution in [3.8, 4) is 0 Å². The van der Waals surface area contributed by atoms with Crippen LogP contribution >= 0.6 is 0 Å². The maximum atomic E-state index is 13.0. The summed E-state index contributed by atoms with van der Waals surface area (Å²) in [5, 5.41) is 0.516. The second kappa shape index (κ2) is 6.06. The van der Waals surface area contributed by atoms with Gasteiger partial charge >= 0.3 is 0 Å². The van der Waals surface area contributed by atoms with Gasteiger partial charge in [-0.05, 0) is 51.4 Å². The number of benzene rings is 1. The van der Waals surface area contributed by atoms with Crippen molar-refractivity contribution in [2.45, 2.75) is 37.8 Å². The van der Waals surface area contributed by atoms with Gasteiger partial charge < -0.3 is 14.2 Å². The highest BCUT2D eigenvalue weighted by Crippen LogP contribution is 2.30. The number of likely N-dealkylation sites (tertiary alicyclic amines) is 2. The maximum Gasteiger partial charge on any atom is 0.290 e. The Labute approximate surface area is 140 Å². The molecule has 3 heterocycles. The van der Waals surface area contributed by atoms with Gasteiger partial charge in [-0.1, -0.05) is 12.1 Å². The quantitative estimate of drug-likeness (QED) is 0.851. The second-order valence-electron chi connectivity index (χ2n) is 6.87. The van der Waals surface area contributed by atoms with Crippen molar-refractivity contribution in [2.75, 3.05) is 20.1 Å². The number of fused-ring (bicyclic) bond motifs is 1. The third kappa shape index (κ3) is 2.53. The van der Waals surface area contributed by atoms with Crippen LogP contribution in [0.15, 0.2) is 39.5 Å². The molecule has 4 rings (SSSR count). The Morgan fingerprint density at radius 1 is 1.12 bits per heavy atom. The van der Waals surface area contributed by atoms with E-state index in [0.29, 0.717) is 17.0 Å². The van der Waals surface area contributed by atoms with E-state index < -0.39 is 0 Å². The Morgan fingerprint density at radius 3 is 2.67 bits per heavy atom. The van der Waals surface area contributed by atoms with Gasteiger partial charge in [0.25, 0.3) is 5.91 Å². The molecule has 0 N–H and O–H groups in total. The summed E-state index contributed by atoms with van der Waals surface area (Å²) >= 11 is 0. The molecule has 2 aromatic rings. The predicted molar refractivity (Wildman–Crippen MR) is 92.2 cm³/mol. The lowest BCUT2D eigenvalue weighted by Crippen LogP contribution is -2.47. The SMILES string of the molecule is CN1CCC[C@@H]1[C@H]1CCCN1C(=O)c1cc(=O)c2ccccc2o1. The Bertz CT molecular complexity index is 829. The molecule has 2 fully saturated rings. The zero-order valence-electron chi connectivity index (χ0n) is 13.9. The summed E-state index contributed by atoms with van der Waals surface area (Å²) in [6.07, 6.45) is 4.36. The van der Waals surface area contributed by atoms with E-state index in [2.05, 4.69) is 11.9 Å². The molecule has 0 radical (unpaired) electrons. The maximum absolute atomic E-state index is 13.0. The van der Waals surface area contributed by atoms with Crippen LogP contribution in [0.5, 0.6) is 0 Å². The highest BCUT2D eigenvalue weighted by Gasteiger charge is 2.39. The van der Waals surface area contributed by atoms with E-state index in [-0.39, 0.29) is 23.1 Å². The molecule has 0 saturated carbocycles. The molecule has 2 aliphatic rings. The molecule has 1 aromatic heterocycles. The van der Waals surface area contributed by atoms with E-state index in [1.807, 2.05) is 11.0 Å². The fourth-order valence-corrected chi connectivity index (χ4v) is 4.22. The molecule has 2 aliphatic heterocycles. The zero-order valence-corrected chi connectivity index (χ0v) is 13.9. The topological polar surface area (TPSA) is 53.8 Å². The number of rotatable bonds is 2. The first-order chi connectivity index (χ1) is 11.6. The smallest absolute Gasteiger partial charge is 0.290 e. The summed E-state index contributed by atoms with van der Waals surface area (Å²) in [4.78, 5) is 29.5. The van der Waals surface area contributed by atoms with Crippen LogP contribution in [-0.2, 0) is 0 Å². The molecule has 126 valence electrons. The van der Waals surface area contributed by atoms with Crippen LogP contribution in [-0.4, -0.2) is 47.9 Å². The third-order valence-electron chi connectivity index (χ3n) is 5.43. The lowest BCUT2D eigenvalue weighted by Gasteiger charge is -2.32. The fraction of sp³-hybridized carbons (Fsp3) is 0.474. The normalized spacial score (nSPS) is 24.8. The van der Waals surface area contributed by atoms with Crippen LogP contribution in [0, 0.1) is 0 Å². The number of nitrogens with zero attached hydrogens (tertiary/aromatic N) is 2. The molecule has 0 spiro atoms. The highest BCUT2D eigenvalue weighted by atomic mass is 16.3. The lowest BCUT2D eigenvalue weighted by atomic mass is 10.0. The molecule has 1 amide bonds. The van der Waals surface area contributed by atoms with E-state index in [0.717, 1.165) is 32.4 Å². The lowest BCUT2D eigenvalue weighted by molar-refractivity contribution is 0.0633. The van der Waals surface area contributed by atoms with Gasteiger partial charge in [0.05, 0.1) is 5.39 Å². The number of amides is 1. The predicted octanol–water partition coefficient (Wildman–Crippen LogP) is 2.49. The van der Waals surface area contributed by atoms with Crippen molar-refractivity contribution < 1.29 is 9.21 Å². The van der Waals surface area contributed by atoms with Gasteiger partial charge in [0.1, 0.15) is 5.58 Å². The molecular weight excluding hydrogens is 304 g/mol. The molecule has 0 bridgehead atoms. The summed E-state index contributed by atoms with van der Waals surface area (Å²) in [5.41, 5.74) is 0.316. The Morgan fingerprint density at radius 2 is 1.88 bits per heavy atom. The zero-order chi connectivity index (χ0) is 16.7. The van der Waals surface area contributed by atoms with Gasteiger partial charge in [-0.25, -0.2) is 0 Å². The first-order valence-corrected chi connectivity index (χ1v) is 8.69. The van der Waals surface area contributed by atoms with Crippen molar-refractivity contribution in [2.24, 2.45) is 0 Å². The first-order valence-electron chi connectivity index (χ1n) is 8.69. The van der Waals surface area contributed by atoms with E-state index in [9.17, 15) is 9.59 Å². The molecule has 0 aliphatic carbocycles. The van der Waals surface area contributed by atoms with E-state index in [1.54, 1.807) is 18.2 Å². The van der Waals surface area contributed by atoms with Crippen molar-refractivity contribution in [3.63, 3.8) is 0 Å². The number of carbonyl (C=O) groups is 1. The van der Waals surface area contributed by atoms with Crippen molar-refractivity contribution in [3.05, 3.63) is 46.3 Å².